The number of rotatable bonds is 5. The van der Waals surface area contributed by atoms with Gasteiger partial charge in [-0.2, -0.15) is 17.0 Å². The van der Waals surface area contributed by atoms with Gasteiger partial charge in [0.2, 0.25) is 0 Å². The van der Waals surface area contributed by atoms with Crippen LogP contribution in [0.4, 0.5) is 0 Å². The Morgan fingerprint density at radius 3 is 2.40 bits per heavy atom. The molecule has 0 N–H and O–H groups in total. The predicted molar refractivity (Wildman–Crippen MR) is 62.3 cm³/mol. The van der Waals surface area contributed by atoms with Crippen molar-refractivity contribution in [1.82, 2.24) is 8.61 Å². The van der Waals surface area contributed by atoms with Crippen LogP contribution in [0.25, 0.3) is 0 Å². The van der Waals surface area contributed by atoms with Gasteiger partial charge in [-0.25, -0.2) is 0 Å². The molecule has 90 valence electrons. The molecule has 6 heteroatoms. The van der Waals surface area contributed by atoms with Gasteiger partial charge in [-0.1, -0.05) is 6.42 Å². The average Bonchev–Trinajstić information content (AvgIpc) is 2.27. The summed E-state index contributed by atoms with van der Waals surface area (Å²) in [5, 5.41) is 0. The Balaban J connectivity index is 2.55. The van der Waals surface area contributed by atoms with Crippen LogP contribution in [0.3, 0.4) is 0 Å². The fourth-order valence-corrected chi connectivity index (χ4v) is 3.28. The summed E-state index contributed by atoms with van der Waals surface area (Å²) < 4.78 is 27.0. The molecule has 0 unspecified atom stereocenters. The molecule has 0 saturated carbocycles. The molecular formula is C9H19ClN2O2S. The van der Waals surface area contributed by atoms with Crippen molar-refractivity contribution in [2.75, 3.05) is 32.6 Å². The normalized spacial score (nSPS) is 19.7. The topological polar surface area (TPSA) is 40.6 Å². The van der Waals surface area contributed by atoms with Gasteiger partial charge in [0.15, 0.2) is 0 Å². The average molecular weight is 255 g/mol. The lowest BCUT2D eigenvalue weighted by Crippen LogP contribution is -2.44. The van der Waals surface area contributed by atoms with Gasteiger partial charge in [-0.05, 0) is 19.3 Å². The number of nitrogens with zero attached hydrogens (tertiary/aromatic N) is 2. The van der Waals surface area contributed by atoms with Crippen LogP contribution in [-0.2, 0) is 10.2 Å². The van der Waals surface area contributed by atoms with Crippen LogP contribution in [0.15, 0.2) is 0 Å². The van der Waals surface area contributed by atoms with Gasteiger partial charge < -0.3 is 0 Å². The first-order valence-electron chi connectivity index (χ1n) is 5.36. The van der Waals surface area contributed by atoms with Crippen LogP contribution in [0.2, 0.25) is 0 Å². The van der Waals surface area contributed by atoms with Crippen molar-refractivity contribution in [3.05, 3.63) is 0 Å². The molecule has 1 rings (SSSR count). The number of alkyl halides is 1. The minimum atomic E-state index is -3.23. The van der Waals surface area contributed by atoms with E-state index in [1.807, 2.05) is 0 Å². The summed E-state index contributed by atoms with van der Waals surface area (Å²) in [6, 6.07) is 0. The van der Waals surface area contributed by atoms with Crippen molar-refractivity contribution in [1.29, 1.82) is 0 Å². The first-order valence-corrected chi connectivity index (χ1v) is 7.29. The molecular weight excluding hydrogens is 236 g/mol. The van der Waals surface area contributed by atoms with Gasteiger partial charge in [0.25, 0.3) is 10.2 Å². The third-order valence-electron chi connectivity index (χ3n) is 2.64. The number of hydrogen-bond acceptors (Lipinski definition) is 2. The smallest absolute Gasteiger partial charge is 0.195 e. The van der Waals surface area contributed by atoms with Crippen molar-refractivity contribution >= 4 is 21.8 Å². The lowest BCUT2D eigenvalue weighted by molar-refractivity contribution is 0.316. The Morgan fingerprint density at radius 1 is 1.27 bits per heavy atom. The second kappa shape index (κ2) is 6.03. The molecule has 0 radical (unpaired) electrons. The predicted octanol–water partition coefficient (Wildman–Crippen LogP) is 1.28. The maximum atomic E-state index is 12.0. The molecule has 0 spiro atoms. The first-order chi connectivity index (χ1) is 7.09. The summed E-state index contributed by atoms with van der Waals surface area (Å²) in [5.41, 5.74) is 0. The zero-order valence-electron chi connectivity index (χ0n) is 9.15. The van der Waals surface area contributed by atoms with Crippen molar-refractivity contribution < 1.29 is 8.42 Å². The fourth-order valence-electron chi connectivity index (χ4n) is 1.69. The van der Waals surface area contributed by atoms with E-state index in [1.165, 1.54) is 4.31 Å². The third kappa shape index (κ3) is 3.59. The molecule has 0 aromatic carbocycles. The second-order valence-electron chi connectivity index (χ2n) is 3.83. The van der Waals surface area contributed by atoms with Crippen LogP contribution < -0.4 is 0 Å². The lowest BCUT2D eigenvalue weighted by atomic mass is 10.2. The van der Waals surface area contributed by atoms with E-state index in [9.17, 15) is 8.42 Å². The van der Waals surface area contributed by atoms with E-state index in [0.717, 1.165) is 19.3 Å². The first kappa shape index (κ1) is 13.2. The van der Waals surface area contributed by atoms with Gasteiger partial charge >= 0.3 is 0 Å². The van der Waals surface area contributed by atoms with Gasteiger partial charge in [0, 0.05) is 32.6 Å². The molecule has 15 heavy (non-hydrogen) atoms. The van der Waals surface area contributed by atoms with Crippen molar-refractivity contribution in [2.45, 2.75) is 25.7 Å². The van der Waals surface area contributed by atoms with E-state index in [4.69, 9.17) is 11.6 Å². The summed E-state index contributed by atoms with van der Waals surface area (Å²) in [5.74, 6) is 0.500. The Morgan fingerprint density at radius 2 is 1.87 bits per heavy atom. The van der Waals surface area contributed by atoms with Gasteiger partial charge in [-0.3, -0.25) is 0 Å². The molecule has 0 bridgehead atoms. The van der Waals surface area contributed by atoms with Crippen LogP contribution in [0, 0.1) is 0 Å². The molecule has 0 aliphatic carbocycles. The minimum Gasteiger partial charge on any atom is -0.195 e. The van der Waals surface area contributed by atoms with E-state index in [1.54, 1.807) is 11.4 Å². The standard InChI is InChI=1S/C9H19ClN2O2S/c1-11(7-5-6-10)15(13,14)12-8-3-2-4-9-12/h2-9H2,1H3. The number of piperidine rings is 1. The monoisotopic (exact) mass is 254 g/mol. The molecule has 0 atom stereocenters. The highest BCUT2D eigenvalue weighted by atomic mass is 35.5. The van der Waals surface area contributed by atoms with Gasteiger partial charge in [0.1, 0.15) is 0 Å². The van der Waals surface area contributed by atoms with Crippen molar-refractivity contribution in [2.24, 2.45) is 0 Å². The molecule has 0 aromatic rings. The molecule has 1 aliphatic heterocycles. The van der Waals surface area contributed by atoms with E-state index in [0.29, 0.717) is 31.9 Å². The fraction of sp³-hybridized carbons (Fsp3) is 1.00. The van der Waals surface area contributed by atoms with E-state index in [-0.39, 0.29) is 0 Å². The SMILES string of the molecule is CN(CCCCl)S(=O)(=O)N1CCCCC1. The van der Waals surface area contributed by atoms with Crippen LogP contribution in [-0.4, -0.2) is 49.6 Å². The highest BCUT2D eigenvalue weighted by molar-refractivity contribution is 7.86. The molecule has 1 heterocycles. The van der Waals surface area contributed by atoms with Crippen molar-refractivity contribution in [3.63, 3.8) is 0 Å². The zero-order chi connectivity index (χ0) is 11.3. The van der Waals surface area contributed by atoms with Crippen LogP contribution >= 0.6 is 11.6 Å². The maximum absolute atomic E-state index is 12.0. The van der Waals surface area contributed by atoms with Gasteiger partial charge in [-0.15, -0.1) is 11.6 Å². The molecule has 4 nitrogen and oxygen atoms in total. The number of hydrogen-bond donors (Lipinski definition) is 0. The lowest BCUT2D eigenvalue weighted by Gasteiger charge is -2.30. The molecule has 1 saturated heterocycles. The Hall–Kier alpha value is 0.160. The molecule has 0 amide bonds. The molecule has 1 fully saturated rings. The highest BCUT2D eigenvalue weighted by Gasteiger charge is 2.27. The molecule has 0 aromatic heterocycles. The highest BCUT2D eigenvalue weighted by Crippen LogP contribution is 2.15. The van der Waals surface area contributed by atoms with E-state index in [2.05, 4.69) is 0 Å². The zero-order valence-corrected chi connectivity index (χ0v) is 10.7. The molecule has 1 aliphatic rings. The largest absolute Gasteiger partial charge is 0.281 e. The van der Waals surface area contributed by atoms with E-state index >= 15 is 0 Å². The summed E-state index contributed by atoms with van der Waals surface area (Å²) in [6.07, 6.45) is 3.79. The summed E-state index contributed by atoms with van der Waals surface area (Å²) in [7, 11) is -1.60. The Labute approximate surface area is 97.4 Å². The van der Waals surface area contributed by atoms with Gasteiger partial charge in [0.05, 0.1) is 0 Å². The summed E-state index contributed by atoms with van der Waals surface area (Å²) >= 11 is 5.55. The second-order valence-corrected chi connectivity index (χ2v) is 6.24. The van der Waals surface area contributed by atoms with Crippen molar-refractivity contribution in [3.8, 4) is 0 Å². The minimum absolute atomic E-state index is 0.500. The van der Waals surface area contributed by atoms with E-state index < -0.39 is 10.2 Å². The third-order valence-corrected chi connectivity index (χ3v) is 4.90. The number of halogens is 1. The summed E-state index contributed by atoms with van der Waals surface area (Å²) in [4.78, 5) is 0. The van der Waals surface area contributed by atoms with Crippen LogP contribution in [0.5, 0.6) is 0 Å². The quantitative estimate of drug-likeness (QED) is 0.694. The maximum Gasteiger partial charge on any atom is 0.281 e. The van der Waals surface area contributed by atoms with Crippen LogP contribution in [0.1, 0.15) is 25.7 Å². The Kier molecular flexibility index (Phi) is 5.32. The summed E-state index contributed by atoms with van der Waals surface area (Å²) in [6.45, 7) is 1.82. The Bertz CT molecular complexity index is 276.